The van der Waals surface area contributed by atoms with E-state index in [0.29, 0.717) is 11.5 Å². The van der Waals surface area contributed by atoms with Gasteiger partial charge in [0.05, 0.1) is 12.0 Å². The summed E-state index contributed by atoms with van der Waals surface area (Å²) in [6, 6.07) is 40.1. The second kappa shape index (κ2) is 10.6. The van der Waals surface area contributed by atoms with Crippen molar-refractivity contribution in [2.24, 2.45) is 5.10 Å². The predicted octanol–water partition coefficient (Wildman–Crippen LogP) is 6.32. The summed E-state index contributed by atoms with van der Waals surface area (Å²) in [6.07, 6.45) is 3.69. The summed E-state index contributed by atoms with van der Waals surface area (Å²) in [5, 5.41) is 10.9. The first-order valence-corrected chi connectivity index (χ1v) is 11.2. The molecule has 0 saturated carbocycles. The average Bonchev–Trinajstić information content (AvgIpc) is 3.61. The van der Waals surface area contributed by atoms with Crippen LogP contribution >= 0.6 is 0 Å². The zero-order valence-electron chi connectivity index (χ0n) is 19.0. The quantitative estimate of drug-likeness (QED) is 0.202. The molecule has 0 atom stereocenters. The van der Waals surface area contributed by atoms with Gasteiger partial charge in [-0.3, -0.25) is 4.68 Å². The Labute approximate surface area is 224 Å². The van der Waals surface area contributed by atoms with E-state index in [-0.39, 0.29) is 21.1 Å². The molecule has 36 heavy (non-hydrogen) atoms. The van der Waals surface area contributed by atoms with Crippen LogP contribution in [0.15, 0.2) is 114 Å². The fourth-order valence-electron chi connectivity index (χ4n) is 3.74. The van der Waals surface area contributed by atoms with Crippen LogP contribution in [0.1, 0.15) is 0 Å². The molecule has 180 valence electrons. The van der Waals surface area contributed by atoms with Crippen LogP contribution in [-0.4, -0.2) is 16.1 Å². The fourth-order valence-corrected chi connectivity index (χ4v) is 3.74. The largest absolute Gasteiger partial charge is 0.509 e. The summed E-state index contributed by atoms with van der Waals surface area (Å²) in [4.78, 5) is 1.95. The zero-order valence-corrected chi connectivity index (χ0v) is 21.3. The third-order valence-electron chi connectivity index (χ3n) is 5.47. The van der Waals surface area contributed by atoms with Crippen molar-refractivity contribution in [3.63, 3.8) is 0 Å². The summed E-state index contributed by atoms with van der Waals surface area (Å²) in [6.45, 7) is 1.90. The zero-order chi connectivity index (χ0) is 23.5. The van der Waals surface area contributed by atoms with Gasteiger partial charge in [0.1, 0.15) is 0 Å². The molecule has 0 N–H and O–H groups in total. The van der Waals surface area contributed by atoms with Crippen LogP contribution in [0.2, 0.25) is 0 Å². The van der Waals surface area contributed by atoms with Crippen molar-refractivity contribution in [1.29, 1.82) is 0 Å². The Bertz CT molecular complexity index is 1470. The number of ether oxygens (including phenoxy) is 1. The van der Waals surface area contributed by atoms with Gasteiger partial charge in [-0.2, -0.15) is 22.3 Å². The number of anilines is 2. The Morgan fingerprint density at radius 2 is 1.36 bits per heavy atom. The van der Waals surface area contributed by atoms with Crippen LogP contribution in [-0.2, 0) is 21.1 Å². The molecule has 0 radical (unpaired) electrons. The van der Waals surface area contributed by atoms with Crippen LogP contribution < -0.4 is 14.6 Å². The van der Waals surface area contributed by atoms with Crippen molar-refractivity contribution in [1.82, 2.24) is 9.78 Å². The number of nitrogens with zero attached hydrogens (tertiary/aromatic N) is 5. The average molecular weight is 650 g/mol. The van der Waals surface area contributed by atoms with Gasteiger partial charge in [0.2, 0.25) is 0 Å². The van der Waals surface area contributed by atoms with Crippen molar-refractivity contribution in [2.45, 2.75) is 0 Å². The van der Waals surface area contributed by atoms with Crippen LogP contribution in [0.25, 0.3) is 16.9 Å². The molecule has 0 unspecified atom stereocenters. The number of hydrogen-bond donors (Lipinski definition) is 0. The monoisotopic (exact) mass is 649 g/mol. The third kappa shape index (κ3) is 5.09. The first-order chi connectivity index (χ1) is 17.3. The van der Waals surface area contributed by atoms with Gasteiger partial charge in [0, 0.05) is 50.0 Å². The maximum atomic E-state index is 6.09. The van der Waals surface area contributed by atoms with E-state index in [9.17, 15) is 0 Å². The summed E-state index contributed by atoms with van der Waals surface area (Å²) in [5.41, 5.74) is 4.56. The minimum Gasteiger partial charge on any atom is -0.509 e. The molecule has 2 heterocycles. The number of rotatable bonds is 6. The van der Waals surface area contributed by atoms with Crippen molar-refractivity contribution in [2.75, 3.05) is 9.91 Å². The summed E-state index contributed by atoms with van der Waals surface area (Å²) >= 11 is 0. The molecule has 0 spiro atoms. The number of para-hydroxylation sites is 1. The van der Waals surface area contributed by atoms with E-state index in [1.807, 2.05) is 121 Å². The molecule has 0 aliphatic carbocycles. The molecule has 4 aromatic carbocycles. The summed E-state index contributed by atoms with van der Waals surface area (Å²) in [7, 11) is 0. The second-order valence-electron chi connectivity index (χ2n) is 7.85. The van der Waals surface area contributed by atoms with Gasteiger partial charge in [-0.1, -0.05) is 54.2 Å². The van der Waals surface area contributed by atoms with E-state index in [2.05, 4.69) is 22.3 Å². The number of benzene rings is 4. The van der Waals surface area contributed by atoms with E-state index in [1.165, 1.54) is 0 Å². The maximum Gasteiger partial charge on any atom is 0.0926 e. The first-order valence-electron chi connectivity index (χ1n) is 11.2. The number of hydrogen-bond acceptors (Lipinski definition) is 5. The molecule has 0 fully saturated rings. The van der Waals surface area contributed by atoms with Gasteiger partial charge in [0.25, 0.3) is 0 Å². The minimum atomic E-state index is 0. The molecule has 6 nitrogen and oxygen atoms in total. The number of hydrazone groups is 1. The molecule has 5 aromatic rings. The fraction of sp³-hybridized carbons (Fsp3) is 0. The van der Waals surface area contributed by atoms with Crippen molar-refractivity contribution < 1.29 is 25.8 Å². The van der Waals surface area contributed by atoms with Gasteiger partial charge in [-0.15, -0.1) is 43.1 Å². The molecule has 0 saturated heterocycles. The van der Waals surface area contributed by atoms with E-state index >= 15 is 0 Å². The van der Waals surface area contributed by atoms with E-state index in [1.54, 1.807) is 16.0 Å². The summed E-state index contributed by atoms with van der Waals surface area (Å²) < 4.78 is 7.88. The van der Waals surface area contributed by atoms with Gasteiger partial charge >= 0.3 is 0 Å². The van der Waals surface area contributed by atoms with Crippen LogP contribution in [0.5, 0.6) is 11.5 Å². The van der Waals surface area contributed by atoms with Gasteiger partial charge < -0.3 is 14.6 Å². The molecule has 0 bridgehead atoms. The van der Waals surface area contributed by atoms with Crippen molar-refractivity contribution >= 4 is 17.7 Å². The third-order valence-corrected chi connectivity index (χ3v) is 5.47. The molecule has 1 aromatic heterocycles. The number of aromatic nitrogens is 2. The Hall–Kier alpha value is -4.15. The van der Waals surface area contributed by atoms with Gasteiger partial charge in [-0.05, 0) is 23.9 Å². The van der Waals surface area contributed by atoms with Crippen molar-refractivity contribution in [3.8, 4) is 28.4 Å². The SMILES string of the molecule is [Pt].[c-]1c(Oc2[c-]c(-n3ccc(-c4ccccc4)n3)ccc2)cccc1N1[CH-]N(c2ccccc2)C=N1. The second-order valence-corrected chi connectivity index (χ2v) is 7.85. The molecular weight excluding hydrogens is 629 g/mol. The van der Waals surface area contributed by atoms with Gasteiger partial charge in [-0.25, -0.2) is 0 Å². The summed E-state index contributed by atoms with van der Waals surface area (Å²) in [5.74, 6) is 1.15. The standard InChI is InChI=1S/C29H20N5O.Pt/c1-3-9-23(10-4-1)29-17-18-33(31-29)25-13-7-15-27(19-25)35-28-16-8-14-26(20-28)34-22-32(21-30-34)24-11-5-2-6-12-24;/h1-18,21-22H;/q-3;. The van der Waals surface area contributed by atoms with Crippen LogP contribution in [0.3, 0.4) is 0 Å². The minimum absolute atomic E-state index is 0. The molecule has 7 heteroatoms. The molecule has 0 amide bonds. The van der Waals surface area contributed by atoms with Crippen LogP contribution in [0, 0.1) is 18.8 Å². The smallest absolute Gasteiger partial charge is 0.0926 e. The Morgan fingerprint density at radius 3 is 2.11 bits per heavy atom. The maximum absolute atomic E-state index is 6.09. The Kier molecular flexibility index (Phi) is 6.96. The Morgan fingerprint density at radius 1 is 0.694 bits per heavy atom. The van der Waals surface area contributed by atoms with Gasteiger partial charge in [0.15, 0.2) is 0 Å². The molecular formula is C29H20N5OPt-3. The van der Waals surface area contributed by atoms with Crippen LogP contribution in [0.4, 0.5) is 11.4 Å². The van der Waals surface area contributed by atoms with Crippen molar-refractivity contribution in [3.05, 3.63) is 128 Å². The molecule has 6 rings (SSSR count). The predicted molar refractivity (Wildman–Crippen MR) is 137 cm³/mol. The van der Waals surface area contributed by atoms with E-state index in [0.717, 1.165) is 28.3 Å². The van der Waals surface area contributed by atoms with E-state index < -0.39 is 0 Å². The molecule has 1 aliphatic heterocycles. The Balaban J connectivity index is 0.00000267. The normalized spacial score (nSPS) is 12.4. The van der Waals surface area contributed by atoms with E-state index in [4.69, 9.17) is 4.74 Å². The molecule has 1 aliphatic rings. The first kappa shape index (κ1) is 23.6. The topological polar surface area (TPSA) is 45.9 Å².